The first-order valence-electron chi connectivity index (χ1n) is 9.51. The maximum Gasteiger partial charge on any atom is 0.337 e. The maximum atomic E-state index is 13.3. The predicted molar refractivity (Wildman–Crippen MR) is 103 cm³/mol. The molecule has 2 aliphatic rings. The van der Waals surface area contributed by atoms with E-state index in [4.69, 9.17) is 4.74 Å². The average Bonchev–Trinajstić information content (AvgIpc) is 2.93. The number of imide groups is 1. The van der Waals surface area contributed by atoms with Crippen molar-refractivity contribution in [2.24, 2.45) is 0 Å². The molecule has 0 bridgehead atoms. The number of esters is 1. The van der Waals surface area contributed by atoms with Gasteiger partial charge in [0.2, 0.25) is 0 Å². The number of urea groups is 2. The lowest BCUT2D eigenvalue weighted by Gasteiger charge is -2.29. The van der Waals surface area contributed by atoms with Crippen LogP contribution in [0.1, 0.15) is 32.8 Å². The molecule has 29 heavy (non-hydrogen) atoms. The Morgan fingerprint density at radius 2 is 1.86 bits per heavy atom. The van der Waals surface area contributed by atoms with Crippen LogP contribution in [0.2, 0.25) is 0 Å². The number of benzene rings is 1. The van der Waals surface area contributed by atoms with Gasteiger partial charge in [0.1, 0.15) is 5.54 Å². The molecule has 0 saturated carbocycles. The molecule has 1 aromatic carbocycles. The maximum absolute atomic E-state index is 13.3. The molecule has 3 N–H and O–H groups in total. The van der Waals surface area contributed by atoms with Gasteiger partial charge in [-0.3, -0.25) is 9.69 Å². The highest BCUT2D eigenvalue weighted by Gasteiger charge is 2.51. The van der Waals surface area contributed by atoms with Gasteiger partial charge < -0.3 is 20.7 Å². The summed E-state index contributed by atoms with van der Waals surface area (Å²) in [5, 5.41) is 7.92. The third-order valence-electron chi connectivity index (χ3n) is 5.15. The van der Waals surface area contributed by atoms with Gasteiger partial charge in [0.15, 0.2) is 0 Å². The van der Waals surface area contributed by atoms with Crippen molar-refractivity contribution >= 4 is 23.9 Å². The highest BCUT2D eigenvalue weighted by molar-refractivity contribution is 6.08. The number of ether oxygens (including phenoxy) is 1. The van der Waals surface area contributed by atoms with E-state index in [2.05, 4.69) is 16.0 Å². The number of rotatable bonds is 6. The first-order valence-corrected chi connectivity index (χ1v) is 9.51. The number of carbonyl (C=O) groups excluding carboxylic acids is 4. The second-order valence-electron chi connectivity index (χ2n) is 6.88. The van der Waals surface area contributed by atoms with Crippen LogP contribution in [0, 0.1) is 0 Å². The number of nitrogens with one attached hydrogen (secondary N) is 3. The fourth-order valence-electron chi connectivity index (χ4n) is 3.69. The van der Waals surface area contributed by atoms with Gasteiger partial charge in [-0.25, -0.2) is 14.4 Å². The van der Waals surface area contributed by atoms with E-state index < -0.39 is 35.5 Å². The summed E-state index contributed by atoms with van der Waals surface area (Å²) in [5.41, 5.74) is -0.166. The Morgan fingerprint density at radius 3 is 2.48 bits per heavy atom. The summed E-state index contributed by atoms with van der Waals surface area (Å²) in [6.45, 7) is 5.03. The molecule has 0 aliphatic carbocycles. The molecule has 9 heteroatoms. The highest BCUT2D eigenvalue weighted by Crippen LogP contribution is 2.33. The molecule has 0 spiro atoms. The molecule has 0 unspecified atom stereocenters. The molecule has 1 saturated heterocycles. The van der Waals surface area contributed by atoms with Crippen molar-refractivity contribution in [2.45, 2.75) is 38.8 Å². The van der Waals surface area contributed by atoms with Crippen LogP contribution in [0.5, 0.6) is 0 Å². The molecular formula is C20H24N4O5. The van der Waals surface area contributed by atoms with Crippen LogP contribution in [-0.4, -0.2) is 48.0 Å². The molecule has 1 aromatic rings. The van der Waals surface area contributed by atoms with E-state index in [0.29, 0.717) is 12.0 Å². The molecule has 2 heterocycles. The zero-order chi connectivity index (χ0) is 21.2. The Kier molecular flexibility index (Phi) is 5.58. The first-order chi connectivity index (χ1) is 13.8. The van der Waals surface area contributed by atoms with Gasteiger partial charge in [0.05, 0.1) is 30.5 Å². The second-order valence-corrected chi connectivity index (χ2v) is 6.88. The van der Waals surface area contributed by atoms with Crippen molar-refractivity contribution in [3.63, 3.8) is 0 Å². The van der Waals surface area contributed by atoms with Crippen molar-refractivity contribution in [3.8, 4) is 0 Å². The molecular weight excluding hydrogens is 376 g/mol. The van der Waals surface area contributed by atoms with E-state index in [1.807, 2.05) is 13.0 Å². The molecule has 5 amide bonds. The van der Waals surface area contributed by atoms with E-state index in [9.17, 15) is 19.2 Å². The standard InChI is InChI=1S/C20H24N4O5/c1-4-20(13-9-7-6-8-10-13)17(26)24(19(28)23-20)11-14-15(16(25)29-5-2)12(3)21-18(27)22-14/h6-10,12H,4-5,11H2,1-3H3,(H,23,28)(H2,21,22,27)/t12-,20-/m0/s1. The first kappa shape index (κ1) is 20.4. The Morgan fingerprint density at radius 1 is 1.17 bits per heavy atom. The van der Waals surface area contributed by atoms with Crippen molar-refractivity contribution < 1.29 is 23.9 Å². The number of nitrogens with zero attached hydrogens (tertiary/aromatic N) is 1. The minimum absolute atomic E-state index is 0.159. The largest absolute Gasteiger partial charge is 0.463 e. The topological polar surface area (TPSA) is 117 Å². The lowest BCUT2D eigenvalue weighted by molar-refractivity contribution is -0.139. The summed E-state index contributed by atoms with van der Waals surface area (Å²) in [5.74, 6) is -1.05. The van der Waals surface area contributed by atoms with E-state index >= 15 is 0 Å². The quantitative estimate of drug-likeness (QED) is 0.492. The molecule has 2 aliphatic heterocycles. The van der Waals surface area contributed by atoms with Crippen LogP contribution in [0.25, 0.3) is 0 Å². The molecule has 0 radical (unpaired) electrons. The monoisotopic (exact) mass is 400 g/mol. The van der Waals surface area contributed by atoms with Gasteiger partial charge in [-0.1, -0.05) is 37.3 Å². The van der Waals surface area contributed by atoms with Crippen LogP contribution >= 0.6 is 0 Å². The fraction of sp³-hybridized carbons (Fsp3) is 0.400. The molecule has 1 fully saturated rings. The van der Waals surface area contributed by atoms with Crippen molar-refractivity contribution in [2.75, 3.05) is 13.2 Å². The summed E-state index contributed by atoms with van der Waals surface area (Å²) < 4.78 is 5.07. The lowest BCUT2D eigenvalue weighted by atomic mass is 9.87. The molecule has 154 valence electrons. The molecule has 0 aromatic heterocycles. The Hall–Kier alpha value is -3.36. The number of carbonyl (C=O) groups is 4. The Bertz CT molecular complexity index is 882. The van der Waals surface area contributed by atoms with E-state index in [1.54, 1.807) is 38.1 Å². The second kappa shape index (κ2) is 7.94. The lowest BCUT2D eigenvalue weighted by Crippen LogP contribution is -2.52. The van der Waals surface area contributed by atoms with Crippen LogP contribution < -0.4 is 16.0 Å². The average molecular weight is 400 g/mol. The fourth-order valence-corrected chi connectivity index (χ4v) is 3.69. The summed E-state index contributed by atoms with van der Waals surface area (Å²) in [7, 11) is 0. The number of amides is 5. The van der Waals surface area contributed by atoms with Gasteiger partial charge in [-0.2, -0.15) is 0 Å². The van der Waals surface area contributed by atoms with Crippen LogP contribution in [0.15, 0.2) is 41.6 Å². The zero-order valence-corrected chi connectivity index (χ0v) is 16.6. The summed E-state index contributed by atoms with van der Waals surface area (Å²) in [4.78, 5) is 51.3. The molecule has 3 rings (SSSR count). The van der Waals surface area contributed by atoms with E-state index in [-0.39, 0.29) is 24.4 Å². The number of hydrogen-bond donors (Lipinski definition) is 3. The zero-order valence-electron chi connectivity index (χ0n) is 16.6. The van der Waals surface area contributed by atoms with Crippen molar-refractivity contribution in [1.29, 1.82) is 0 Å². The van der Waals surface area contributed by atoms with Gasteiger partial charge in [-0.05, 0) is 25.8 Å². The summed E-state index contributed by atoms with van der Waals surface area (Å²) >= 11 is 0. The van der Waals surface area contributed by atoms with Gasteiger partial charge >= 0.3 is 18.0 Å². The Balaban J connectivity index is 1.97. The normalized spacial score (nSPS) is 24.2. The van der Waals surface area contributed by atoms with Crippen LogP contribution in [0.3, 0.4) is 0 Å². The Labute approximate surface area is 168 Å². The van der Waals surface area contributed by atoms with Crippen LogP contribution in [0.4, 0.5) is 9.59 Å². The van der Waals surface area contributed by atoms with E-state index in [1.165, 1.54) is 0 Å². The SMILES string of the molecule is CCOC(=O)C1=C(CN2C(=O)N[C@@](CC)(c3ccccc3)C2=O)NC(=O)N[C@H]1C. The highest BCUT2D eigenvalue weighted by atomic mass is 16.5. The van der Waals surface area contributed by atoms with Gasteiger partial charge in [-0.15, -0.1) is 0 Å². The predicted octanol–water partition coefficient (Wildman–Crippen LogP) is 1.36. The van der Waals surface area contributed by atoms with Gasteiger partial charge in [0.25, 0.3) is 5.91 Å². The summed E-state index contributed by atoms with van der Waals surface area (Å²) in [6, 6.07) is 7.26. The smallest absolute Gasteiger partial charge is 0.337 e. The third-order valence-corrected chi connectivity index (χ3v) is 5.15. The summed E-state index contributed by atoms with van der Waals surface area (Å²) in [6.07, 6.45) is 0.353. The minimum atomic E-state index is -1.19. The molecule has 2 atom stereocenters. The van der Waals surface area contributed by atoms with Crippen LogP contribution in [-0.2, 0) is 19.9 Å². The minimum Gasteiger partial charge on any atom is -0.463 e. The van der Waals surface area contributed by atoms with Crippen molar-refractivity contribution in [1.82, 2.24) is 20.9 Å². The van der Waals surface area contributed by atoms with Crippen molar-refractivity contribution in [3.05, 3.63) is 47.2 Å². The molecule has 9 nitrogen and oxygen atoms in total. The number of hydrogen-bond acceptors (Lipinski definition) is 5. The van der Waals surface area contributed by atoms with E-state index in [0.717, 1.165) is 4.90 Å². The van der Waals surface area contributed by atoms with Gasteiger partial charge in [0, 0.05) is 0 Å². The third kappa shape index (κ3) is 3.55.